The van der Waals surface area contributed by atoms with Crippen LogP contribution in [0.5, 0.6) is 0 Å². The molecule has 4 rings (SSSR count). The highest BCUT2D eigenvalue weighted by molar-refractivity contribution is 7.99. The predicted molar refractivity (Wildman–Crippen MR) is 117 cm³/mol. The summed E-state index contributed by atoms with van der Waals surface area (Å²) in [6, 6.07) is 12.4. The largest absolute Gasteiger partial charge is 0.450 e. The molecule has 29 heavy (non-hydrogen) atoms. The van der Waals surface area contributed by atoms with Gasteiger partial charge in [-0.2, -0.15) is 0 Å². The van der Waals surface area contributed by atoms with Gasteiger partial charge in [-0.3, -0.25) is 10.2 Å². The number of amides is 1. The van der Waals surface area contributed by atoms with E-state index in [2.05, 4.69) is 39.8 Å². The van der Waals surface area contributed by atoms with Gasteiger partial charge in [0.25, 0.3) is 0 Å². The highest BCUT2D eigenvalue weighted by Crippen LogP contribution is 2.47. The van der Waals surface area contributed by atoms with Crippen LogP contribution >= 0.6 is 11.8 Å². The Labute approximate surface area is 175 Å². The SMILES string of the molecule is CCOC(=O)Nc1ccc2c(c1CCCN1CCOCC1)Nc1ccccc1S2. The molecule has 0 bridgehead atoms. The van der Waals surface area contributed by atoms with E-state index in [0.717, 1.165) is 68.3 Å². The highest BCUT2D eigenvalue weighted by Gasteiger charge is 2.22. The zero-order valence-corrected chi connectivity index (χ0v) is 17.5. The molecule has 0 unspecified atom stereocenters. The topological polar surface area (TPSA) is 62.8 Å². The van der Waals surface area contributed by atoms with Crippen molar-refractivity contribution in [3.63, 3.8) is 0 Å². The fourth-order valence-corrected chi connectivity index (χ4v) is 4.74. The Morgan fingerprint density at radius 3 is 2.86 bits per heavy atom. The molecule has 1 amide bonds. The maximum absolute atomic E-state index is 12.1. The molecule has 2 heterocycles. The Bertz CT molecular complexity index is 868. The van der Waals surface area contributed by atoms with E-state index < -0.39 is 6.09 Å². The molecule has 2 aliphatic heterocycles. The number of para-hydroxylation sites is 1. The second kappa shape index (κ2) is 9.52. The molecule has 7 heteroatoms. The van der Waals surface area contributed by atoms with E-state index in [1.807, 2.05) is 19.1 Å². The minimum absolute atomic E-state index is 0.352. The van der Waals surface area contributed by atoms with Crippen molar-refractivity contribution in [3.8, 4) is 0 Å². The van der Waals surface area contributed by atoms with E-state index in [1.165, 1.54) is 9.79 Å². The minimum atomic E-state index is -0.411. The van der Waals surface area contributed by atoms with Crippen molar-refractivity contribution in [2.75, 3.05) is 50.1 Å². The number of anilines is 3. The van der Waals surface area contributed by atoms with Crippen LogP contribution in [0.25, 0.3) is 0 Å². The molecule has 0 saturated carbocycles. The van der Waals surface area contributed by atoms with E-state index in [-0.39, 0.29) is 0 Å². The molecule has 0 spiro atoms. The lowest BCUT2D eigenvalue weighted by Gasteiger charge is -2.28. The number of rotatable bonds is 6. The summed E-state index contributed by atoms with van der Waals surface area (Å²) in [5.74, 6) is 0. The molecule has 2 N–H and O–H groups in total. The molecule has 2 aromatic carbocycles. The molecule has 6 nitrogen and oxygen atoms in total. The van der Waals surface area contributed by atoms with Crippen LogP contribution < -0.4 is 10.6 Å². The molecule has 2 aliphatic rings. The lowest BCUT2D eigenvalue weighted by molar-refractivity contribution is 0.0375. The van der Waals surface area contributed by atoms with Crippen molar-refractivity contribution in [2.45, 2.75) is 29.6 Å². The van der Waals surface area contributed by atoms with Gasteiger partial charge in [-0.15, -0.1) is 0 Å². The van der Waals surface area contributed by atoms with E-state index in [9.17, 15) is 4.79 Å². The van der Waals surface area contributed by atoms with Gasteiger partial charge < -0.3 is 14.8 Å². The van der Waals surface area contributed by atoms with Crippen molar-refractivity contribution in [2.24, 2.45) is 0 Å². The van der Waals surface area contributed by atoms with Crippen LogP contribution in [0, 0.1) is 0 Å². The van der Waals surface area contributed by atoms with Gasteiger partial charge in [-0.25, -0.2) is 4.79 Å². The quantitative estimate of drug-likeness (QED) is 0.609. The number of hydrogen-bond acceptors (Lipinski definition) is 6. The van der Waals surface area contributed by atoms with E-state index in [4.69, 9.17) is 9.47 Å². The lowest BCUT2D eigenvalue weighted by Crippen LogP contribution is -2.37. The van der Waals surface area contributed by atoms with Crippen LogP contribution in [0.1, 0.15) is 18.9 Å². The van der Waals surface area contributed by atoms with Crippen LogP contribution in [-0.4, -0.2) is 50.4 Å². The Morgan fingerprint density at radius 2 is 2.03 bits per heavy atom. The van der Waals surface area contributed by atoms with Crippen LogP contribution in [0.3, 0.4) is 0 Å². The minimum Gasteiger partial charge on any atom is -0.450 e. The first-order valence-electron chi connectivity index (χ1n) is 10.2. The summed E-state index contributed by atoms with van der Waals surface area (Å²) in [7, 11) is 0. The first-order chi connectivity index (χ1) is 14.2. The average molecular weight is 414 g/mol. The number of carbonyl (C=O) groups excluding carboxylic acids is 1. The predicted octanol–water partition coefficient (Wildman–Crippen LogP) is 4.73. The third kappa shape index (κ3) is 4.86. The Morgan fingerprint density at radius 1 is 1.21 bits per heavy atom. The number of nitrogens with one attached hydrogen (secondary N) is 2. The number of benzene rings is 2. The molecule has 1 fully saturated rings. The molecule has 2 aromatic rings. The zero-order chi connectivity index (χ0) is 20.1. The van der Waals surface area contributed by atoms with Gasteiger partial charge in [0.1, 0.15) is 0 Å². The molecule has 1 saturated heterocycles. The third-order valence-corrected chi connectivity index (χ3v) is 6.29. The van der Waals surface area contributed by atoms with E-state index in [1.54, 1.807) is 11.8 Å². The smallest absolute Gasteiger partial charge is 0.411 e. The van der Waals surface area contributed by atoms with Gasteiger partial charge in [0.15, 0.2) is 0 Å². The van der Waals surface area contributed by atoms with Gasteiger partial charge in [0.2, 0.25) is 0 Å². The molecule has 0 aromatic heterocycles. The monoisotopic (exact) mass is 413 g/mol. The lowest BCUT2D eigenvalue weighted by atomic mass is 10.0. The first kappa shape index (κ1) is 20.1. The fraction of sp³-hybridized carbons (Fsp3) is 0.409. The first-order valence-corrected chi connectivity index (χ1v) is 11.0. The third-order valence-electron chi connectivity index (χ3n) is 5.16. The summed E-state index contributed by atoms with van der Waals surface area (Å²) in [6.07, 6.45) is 1.48. The number of ether oxygens (including phenoxy) is 2. The Kier molecular flexibility index (Phi) is 6.59. The number of fused-ring (bicyclic) bond motifs is 2. The van der Waals surface area contributed by atoms with Crippen molar-refractivity contribution < 1.29 is 14.3 Å². The molecule has 154 valence electrons. The van der Waals surface area contributed by atoms with Gasteiger partial charge in [0, 0.05) is 34.1 Å². The number of nitrogens with zero attached hydrogens (tertiary/aromatic N) is 1. The summed E-state index contributed by atoms with van der Waals surface area (Å²) in [5, 5.41) is 6.53. The molecular weight excluding hydrogens is 386 g/mol. The molecular formula is C22H27N3O3S. The normalized spacial score (nSPS) is 15.8. The van der Waals surface area contributed by atoms with Gasteiger partial charge in [-0.1, -0.05) is 23.9 Å². The van der Waals surface area contributed by atoms with Crippen molar-refractivity contribution in [1.82, 2.24) is 4.90 Å². The maximum Gasteiger partial charge on any atom is 0.411 e. The molecule has 0 atom stereocenters. The molecule has 0 radical (unpaired) electrons. The maximum atomic E-state index is 12.1. The zero-order valence-electron chi connectivity index (χ0n) is 16.7. The number of morpholine rings is 1. The van der Waals surface area contributed by atoms with Crippen LogP contribution in [0.4, 0.5) is 21.9 Å². The van der Waals surface area contributed by atoms with Crippen molar-refractivity contribution in [3.05, 3.63) is 42.0 Å². The van der Waals surface area contributed by atoms with Crippen LogP contribution in [0.15, 0.2) is 46.2 Å². The second-order valence-corrected chi connectivity index (χ2v) is 8.17. The summed E-state index contributed by atoms with van der Waals surface area (Å²) >= 11 is 1.76. The fourth-order valence-electron chi connectivity index (χ4n) is 3.72. The van der Waals surface area contributed by atoms with Crippen molar-refractivity contribution >= 4 is 34.9 Å². The van der Waals surface area contributed by atoms with Crippen LogP contribution in [0.2, 0.25) is 0 Å². The van der Waals surface area contributed by atoms with Crippen LogP contribution in [-0.2, 0) is 15.9 Å². The van der Waals surface area contributed by atoms with Crippen molar-refractivity contribution in [1.29, 1.82) is 0 Å². The summed E-state index contributed by atoms with van der Waals surface area (Å²) in [4.78, 5) is 16.9. The average Bonchev–Trinajstić information content (AvgIpc) is 2.74. The number of carbonyl (C=O) groups is 1. The van der Waals surface area contributed by atoms with Gasteiger partial charge in [0.05, 0.1) is 31.2 Å². The second-order valence-electron chi connectivity index (χ2n) is 7.09. The Balaban J connectivity index is 1.56. The van der Waals surface area contributed by atoms with Gasteiger partial charge in [-0.05, 0) is 50.6 Å². The Hall–Kier alpha value is -2.22. The van der Waals surface area contributed by atoms with Gasteiger partial charge >= 0.3 is 6.09 Å². The molecule has 0 aliphatic carbocycles. The summed E-state index contributed by atoms with van der Waals surface area (Å²) in [6.45, 7) is 6.78. The van der Waals surface area contributed by atoms with E-state index >= 15 is 0 Å². The highest BCUT2D eigenvalue weighted by atomic mass is 32.2. The number of hydrogen-bond donors (Lipinski definition) is 2. The van der Waals surface area contributed by atoms with E-state index in [0.29, 0.717) is 6.61 Å². The summed E-state index contributed by atoms with van der Waals surface area (Å²) < 4.78 is 10.5. The summed E-state index contributed by atoms with van der Waals surface area (Å²) in [5.41, 5.74) is 4.14. The standard InChI is InChI=1S/C22H27N3O3S/c1-2-28-22(26)24-17-9-10-20-21(23-18-7-3-4-8-19(18)29-20)16(17)6-5-11-25-12-14-27-15-13-25/h3-4,7-10,23H,2,5-6,11-15H2,1H3,(H,24,26).